The lowest BCUT2D eigenvalue weighted by molar-refractivity contribution is 0.117. The molecule has 1 atom stereocenters. The van der Waals surface area contributed by atoms with E-state index in [1.165, 1.54) is 12.1 Å². The zero-order chi connectivity index (χ0) is 21.0. The molecule has 1 aliphatic rings. The van der Waals surface area contributed by atoms with Crippen LogP contribution < -0.4 is 10.6 Å². The average Bonchev–Trinajstić information content (AvgIpc) is 3.44. The lowest BCUT2D eigenvalue weighted by Crippen LogP contribution is -2.40. The summed E-state index contributed by atoms with van der Waals surface area (Å²) in [6.07, 6.45) is 6.03. The number of hydrogen-bond donors (Lipinski definition) is 2. The summed E-state index contributed by atoms with van der Waals surface area (Å²) in [4.78, 5) is 5.80. The molecular weight excluding hydrogens is 403 g/mol. The topological polar surface area (TPSA) is 76.4 Å². The molecule has 0 aliphatic carbocycles. The van der Waals surface area contributed by atoms with Crippen LogP contribution in [-0.4, -0.2) is 58.8 Å². The van der Waals surface area contributed by atoms with Crippen molar-refractivity contribution in [2.75, 3.05) is 32.0 Å². The molecule has 1 aliphatic heterocycles. The lowest BCUT2D eigenvalue weighted by atomic mass is 10.2. The Morgan fingerprint density at radius 2 is 2.13 bits per heavy atom. The Kier molecular flexibility index (Phi) is 9.43. The molecule has 0 amide bonds. The van der Waals surface area contributed by atoms with Gasteiger partial charge in [-0.3, -0.25) is 4.99 Å². The van der Waals surface area contributed by atoms with Gasteiger partial charge in [0.05, 0.1) is 12.6 Å². The molecule has 164 valence electrons. The van der Waals surface area contributed by atoms with Crippen molar-refractivity contribution in [1.29, 1.82) is 0 Å². The Morgan fingerprint density at radius 1 is 1.30 bits per heavy atom. The molecule has 3 rings (SSSR count). The van der Waals surface area contributed by atoms with Gasteiger partial charge in [0.2, 0.25) is 0 Å². The summed E-state index contributed by atoms with van der Waals surface area (Å²) >= 11 is 1.73. The maximum Gasteiger partial charge on any atom is 0.191 e. The van der Waals surface area contributed by atoms with Crippen LogP contribution in [0.15, 0.2) is 40.5 Å². The summed E-state index contributed by atoms with van der Waals surface area (Å²) in [6, 6.07) is 6.64. The minimum absolute atomic E-state index is 0.197. The van der Waals surface area contributed by atoms with Crippen LogP contribution in [0, 0.1) is 5.82 Å². The Labute approximate surface area is 181 Å². The van der Waals surface area contributed by atoms with Gasteiger partial charge in [0.1, 0.15) is 18.0 Å². The van der Waals surface area contributed by atoms with Crippen LogP contribution in [0.1, 0.15) is 32.0 Å². The van der Waals surface area contributed by atoms with Gasteiger partial charge in [-0.05, 0) is 49.3 Å². The number of nitrogens with one attached hydrogen (secondary N) is 2. The van der Waals surface area contributed by atoms with Gasteiger partial charge in [-0.1, -0.05) is 6.92 Å². The van der Waals surface area contributed by atoms with Crippen molar-refractivity contribution >= 4 is 17.7 Å². The molecule has 1 fully saturated rings. The third kappa shape index (κ3) is 7.60. The molecule has 2 N–H and O–H groups in total. The predicted molar refractivity (Wildman–Crippen MR) is 118 cm³/mol. The van der Waals surface area contributed by atoms with Crippen molar-refractivity contribution in [3.63, 3.8) is 0 Å². The summed E-state index contributed by atoms with van der Waals surface area (Å²) in [5.41, 5.74) is 0. The number of aryl methyl sites for hydroxylation is 1. The number of thioether (sulfide) groups is 1. The van der Waals surface area contributed by atoms with E-state index in [0.717, 1.165) is 74.4 Å². The smallest absolute Gasteiger partial charge is 0.191 e. The normalized spacial score (nSPS) is 16.7. The Hall–Kier alpha value is -2.13. The second-order valence-corrected chi connectivity index (χ2v) is 8.30. The van der Waals surface area contributed by atoms with E-state index < -0.39 is 0 Å². The highest BCUT2D eigenvalue weighted by Gasteiger charge is 2.15. The average molecular weight is 435 g/mol. The molecule has 30 heavy (non-hydrogen) atoms. The molecule has 0 saturated carbocycles. The first kappa shape index (κ1) is 22.6. The SMILES string of the molecule is CCc1nncn1CCNC(=NCC1CCCO1)NCCCSc1ccc(F)cc1. The standard InChI is InChI=1S/C21H31FN6OS/c1-2-20-27-26-16-28(20)12-11-24-21(25-15-18-5-3-13-29-18)23-10-4-14-30-19-8-6-17(22)7-9-19/h6-9,16,18H,2-5,10-15H2,1H3,(H2,23,24,25). The van der Waals surface area contributed by atoms with Gasteiger partial charge in [-0.25, -0.2) is 4.39 Å². The monoisotopic (exact) mass is 434 g/mol. The number of rotatable bonds is 11. The summed E-state index contributed by atoms with van der Waals surface area (Å²) in [5.74, 6) is 2.55. The van der Waals surface area contributed by atoms with Gasteiger partial charge < -0.3 is 19.9 Å². The van der Waals surface area contributed by atoms with Crippen LogP contribution in [0.2, 0.25) is 0 Å². The Balaban J connectivity index is 1.41. The second-order valence-electron chi connectivity index (χ2n) is 7.13. The molecule has 0 radical (unpaired) electrons. The maximum absolute atomic E-state index is 13.0. The largest absolute Gasteiger partial charge is 0.376 e. The number of guanidine groups is 1. The molecule has 0 spiro atoms. The molecule has 1 aromatic heterocycles. The van der Waals surface area contributed by atoms with Crippen LogP contribution in [-0.2, 0) is 17.7 Å². The highest BCUT2D eigenvalue weighted by Crippen LogP contribution is 2.18. The van der Waals surface area contributed by atoms with Gasteiger partial charge in [0.25, 0.3) is 0 Å². The summed E-state index contributed by atoms with van der Waals surface area (Å²) in [7, 11) is 0. The van der Waals surface area contributed by atoms with E-state index in [1.807, 2.05) is 12.1 Å². The molecule has 0 bridgehead atoms. The van der Waals surface area contributed by atoms with Crippen molar-refractivity contribution in [3.05, 3.63) is 42.2 Å². The van der Waals surface area contributed by atoms with Crippen LogP contribution in [0.4, 0.5) is 4.39 Å². The third-order valence-corrected chi connectivity index (χ3v) is 5.93. The molecule has 2 heterocycles. The highest BCUT2D eigenvalue weighted by molar-refractivity contribution is 7.99. The van der Waals surface area contributed by atoms with E-state index in [2.05, 4.69) is 32.3 Å². The maximum atomic E-state index is 13.0. The zero-order valence-corrected chi connectivity index (χ0v) is 18.3. The fraction of sp³-hybridized carbons (Fsp3) is 0.571. The molecule has 1 aromatic carbocycles. The molecular formula is C21H31FN6OS. The van der Waals surface area contributed by atoms with Crippen LogP contribution in [0.5, 0.6) is 0 Å². The quantitative estimate of drug-likeness (QED) is 0.245. The van der Waals surface area contributed by atoms with Gasteiger partial charge in [-0.2, -0.15) is 0 Å². The van der Waals surface area contributed by atoms with Crippen LogP contribution in [0.3, 0.4) is 0 Å². The number of aromatic nitrogens is 3. The van der Waals surface area contributed by atoms with Crippen molar-refractivity contribution in [2.24, 2.45) is 4.99 Å². The number of hydrogen-bond acceptors (Lipinski definition) is 5. The summed E-state index contributed by atoms with van der Waals surface area (Å²) in [5, 5.41) is 14.9. The molecule has 1 saturated heterocycles. The minimum Gasteiger partial charge on any atom is -0.376 e. The highest BCUT2D eigenvalue weighted by atomic mass is 32.2. The van der Waals surface area contributed by atoms with E-state index in [9.17, 15) is 4.39 Å². The van der Waals surface area contributed by atoms with Crippen molar-refractivity contribution in [1.82, 2.24) is 25.4 Å². The fourth-order valence-corrected chi connectivity index (χ4v) is 4.04. The third-order valence-electron chi connectivity index (χ3n) is 4.83. The summed E-state index contributed by atoms with van der Waals surface area (Å²) in [6.45, 7) is 5.94. The van der Waals surface area contributed by atoms with Gasteiger partial charge >= 0.3 is 0 Å². The zero-order valence-electron chi connectivity index (χ0n) is 17.5. The van der Waals surface area contributed by atoms with Gasteiger partial charge in [0.15, 0.2) is 5.96 Å². The molecule has 9 heteroatoms. The van der Waals surface area contributed by atoms with Crippen molar-refractivity contribution < 1.29 is 9.13 Å². The van der Waals surface area contributed by atoms with E-state index >= 15 is 0 Å². The first-order valence-corrected chi connectivity index (χ1v) is 11.6. The molecule has 1 unspecified atom stereocenters. The van der Waals surface area contributed by atoms with Crippen LogP contribution in [0.25, 0.3) is 0 Å². The van der Waals surface area contributed by atoms with Crippen molar-refractivity contribution in [3.8, 4) is 0 Å². The van der Waals surface area contributed by atoms with Gasteiger partial charge in [-0.15, -0.1) is 22.0 Å². The van der Waals surface area contributed by atoms with Crippen LogP contribution >= 0.6 is 11.8 Å². The first-order valence-electron chi connectivity index (χ1n) is 10.6. The van der Waals surface area contributed by atoms with E-state index in [0.29, 0.717) is 6.54 Å². The number of ether oxygens (including phenoxy) is 1. The lowest BCUT2D eigenvalue weighted by Gasteiger charge is -2.14. The fourth-order valence-electron chi connectivity index (χ4n) is 3.19. The predicted octanol–water partition coefficient (Wildman–Crippen LogP) is 2.88. The van der Waals surface area contributed by atoms with E-state index in [-0.39, 0.29) is 11.9 Å². The number of aliphatic imine (C=N–C) groups is 1. The van der Waals surface area contributed by atoms with Gasteiger partial charge in [0, 0.05) is 37.6 Å². The second kappa shape index (κ2) is 12.5. The van der Waals surface area contributed by atoms with E-state index in [4.69, 9.17) is 9.73 Å². The van der Waals surface area contributed by atoms with E-state index in [1.54, 1.807) is 18.1 Å². The number of benzene rings is 1. The molecule has 7 nitrogen and oxygen atoms in total. The molecule has 2 aromatic rings. The Morgan fingerprint density at radius 3 is 2.90 bits per heavy atom. The number of halogens is 1. The minimum atomic E-state index is -0.197. The van der Waals surface area contributed by atoms with Crippen molar-refractivity contribution in [2.45, 2.75) is 50.2 Å². The number of nitrogens with zero attached hydrogens (tertiary/aromatic N) is 4. The first-order chi connectivity index (χ1) is 14.7. The Bertz CT molecular complexity index is 776. The summed E-state index contributed by atoms with van der Waals surface area (Å²) < 4.78 is 20.7.